The number of Topliss-reactive ketones (excluding diaryl/α,β-unsaturated/α-hetero) is 1. The monoisotopic (exact) mass is 489 g/mol. The fraction of sp³-hybridized carbons (Fsp3) is 0.708. The molecular weight excluding hydrogens is 454 g/mol. The number of likely N-dealkylation sites (tertiary alicyclic amines) is 2. The Bertz CT molecular complexity index is 963. The van der Waals surface area contributed by atoms with Crippen LogP contribution in [0.25, 0.3) is 0 Å². The maximum Gasteiger partial charge on any atom is 0.402 e. The van der Waals surface area contributed by atoms with Gasteiger partial charge in [-0.05, 0) is 38.8 Å². The summed E-state index contributed by atoms with van der Waals surface area (Å²) in [7, 11) is 1.62. The molecule has 4 saturated heterocycles. The highest BCUT2D eigenvalue weighted by molar-refractivity contribution is 6.23. The molecule has 5 N–H and O–H groups in total. The van der Waals surface area contributed by atoms with E-state index in [1.54, 1.807) is 13.2 Å². The van der Waals surface area contributed by atoms with Crippen LogP contribution in [-0.2, 0) is 14.3 Å². The first-order valence-corrected chi connectivity index (χ1v) is 12.6. The van der Waals surface area contributed by atoms with Crippen LogP contribution >= 0.6 is 0 Å². The summed E-state index contributed by atoms with van der Waals surface area (Å²) in [4.78, 5) is 42.4. The van der Waals surface area contributed by atoms with Gasteiger partial charge in [0.15, 0.2) is 5.72 Å². The van der Waals surface area contributed by atoms with Gasteiger partial charge in [0.1, 0.15) is 0 Å². The lowest BCUT2D eigenvalue weighted by Crippen LogP contribution is -2.54. The van der Waals surface area contributed by atoms with Crippen LogP contribution in [0.2, 0.25) is 0 Å². The predicted molar refractivity (Wildman–Crippen MR) is 125 cm³/mol. The summed E-state index contributed by atoms with van der Waals surface area (Å²) >= 11 is 0. The minimum atomic E-state index is -1.33. The Kier molecular flexibility index (Phi) is 6.37. The van der Waals surface area contributed by atoms with Crippen LogP contribution in [-0.4, -0.2) is 113 Å². The van der Waals surface area contributed by atoms with Crippen molar-refractivity contribution in [3.05, 3.63) is 23.0 Å². The van der Waals surface area contributed by atoms with Gasteiger partial charge in [-0.25, -0.2) is 4.79 Å². The SMILES string of the molecule is COC12C(CO)C3=C(C(=O)C=C(N4CCC(N5CCCCC5)CC4)C3=O)N1CC1NC12.NC(=O)O. The number of hydrogen-bond donors (Lipinski definition) is 4. The number of nitrogens with one attached hydrogen (secondary N) is 1. The molecule has 0 aromatic rings. The van der Waals surface area contributed by atoms with E-state index in [1.807, 2.05) is 4.90 Å². The number of piperazine rings is 1. The van der Waals surface area contributed by atoms with Gasteiger partial charge >= 0.3 is 6.09 Å². The van der Waals surface area contributed by atoms with E-state index in [-0.39, 0.29) is 30.3 Å². The van der Waals surface area contributed by atoms with Gasteiger partial charge in [0, 0.05) is 50.5 Å². The Morgan fingerprint density at radius 1 is 1.20 bits per heavy atom. The quantitative estimate of drug-likeness (QED) is 0.299. The van der Waals surface area contributed by atoms with Crippen molar-refractivity contribution in [1.82, 2.24) is 20.0 Å². The van der Waals surface area contributed by atoms with Crippen LogP contribution in [0.4, 0.5) is 4.79 Å². The first kappa shape index (κ1) is 24.2. The number of carbonyl (C=O) groups excluding carboxylic acids is 2. The lowest BCUT2D eigenvalue weighted by molar-refractivity contribution is -0.136. The minimum absolute atomic E-state index is 0.0459. The van der Waals surface area contributed by atoms with Crippen molar-refractivity contribution in [2.45, 2.75) is 56.0 Å². The first-order valence-electron chi connectivity index (χ1n) is 12.6. The molecule has 1 amide bonds. The topological polar surface area (TPSA) is 159 Å². The third kappa shape index (κ3) is 3.85. The van der Waals surface area contributed by atoms with Gasteiger partial charge in [0.25, 0.3) is 0 Å². The number of primary amides is 1. The fourth-order valence-electron chi connectivity index (χ4n) is 6.96. The lowest BCUT2D eigenvalue weighted by atomic mass is 9.83. The molecule has 4 fully saturated rings. The number of amides is 1. The standard InChI is InChI=1S/C23H32N4O4.CH3NO2/c1-31-23-15(13-28)19-20(27(23)12-16-22(23)24-16)18(29)11-17(21(19)30)26-9-5-14(6-10-26)25-7-3-2-4-8-25;2-1(3)4/h11,14-16,22,24,28H,2-10,12-13H2,1H3;2H2,(H,3,4). The summed E-state index contributed by atoms with van der Waals surface area (Å²) in [5.74, 6) is -0.738. The Balaban J connectivity index is 0.000000591. The van der Waals surface area contributed by atoms with E-state index in [9.17, 15) is 14.7 Å². The summed E-state index contributed by atoms with van der Waals surface area (Å²) in [6, 6.07) is 0.882. The number of nitrogens with zero attached hydrogens (tertiary/aromatic N) is 3. The number of fused-ring (bicyclic) bond motifs is 4. The first-order chi connectivity index (χ1) is 16.8. The van der Waals surface area contributed by atoms with E-state index < -0.39 is 17.7 Å². The third-order valence-corrected chi connectivity index (χ3v) is 8.51. The van der Waals surface area contributed by atoms with Crippen molar-refractivity contribution in [3.8, 4) is 0 Å². The molecule has 4 unspecified atom stereocenters. The van der Waals surface area contributed by atoms with Crippen LogP contribution in [0, 0.1) is 5.92 Å². The number of nitrogens with two attached hydrogens (primary N) is 1. The van der Waals surface area contributed by atoms with Gasteiger partial charge in [0.05, 0.1) is 30.0 Å². The van der Waals surface area contributed by atoms with Crippen LogP contribution in [0.1, 0.15) is 32.1 Å². The van der Waals surface area contributed by atoms with Gasteiger partial charge in [-0.3, -0.25) is 9.59 Å². The number of allylic oxidation sites excluding steroid dienone is 2. The van der Waals surface area contributed by atoms with E-state index in [1.165, 1.54) is 32.4 Å². The second kappa shape index (κ2) is 9.20. The van der Waals surface area contributed by atoms with Crippen molar-refractivity contribution in [3.63, 3.8) is 0 Å². The van der Waals surface area contributed by atoms with E-state index in [2.05, 4.69) is 20.9 Å². The summed E-state index contributed by atoms with van der Waals surface area (Å²) in [5.41, 5.74) is 4.61. The maximum absolute atomic E-state index is 13.7. The zero-order valence-corrected chi connectivity index (χ0v) is 20.1. The average Bonchev–Trinajstić information content (AvgIpc) is 3.46. The van der Waals surface area contributed by atoms with Crippen molar-refractivity contribution < 1.29 is 29.3 Å². The molecule has 0 radical (unpaired) electrons. The molecule has 4 atom stereocenters. The highest BCUT2D eigenvalue weighted by Gasteiger charge is 2.72. The van der Waals surface area contributed by atoms with Crippen molar-refractivity contribution >= 4 is 17.7 Å². The number of ether oxygens (including phenoxy) is 1. The smallest absolute Gasteiger partial charge is 0.402 e. The lowest BCUT2D eigenvalue weighted by Gasteiger charge is -2.41. The number of piperidine rings is 2. The second-order valence-corrected chi connectivity index (χ2v) is 10.2. The molecule has 11 heteroatoms. The largest absolute Gasteiger partial charge is 0.465 e. The third-order valence-electron chi connectivity index (χ3n) is 8.51. The zero-order valence-electron chi connectivity index (χ0n) is 20.1. The second-order valence-electron chi connectivity index (χ2n) is 10.2. The molecule has 5 heterocycles. The van der Waals surface area contributed by atoms with Crippen LogP contribution in [0.5, 0.6) is 0 Å². The number of aliphatic hydroxyl groups excluding tert-OH is 1. The molecular formula is C24H35N5O6. The molecule has 192 valence electrons. The summed E-state index contributed by atoms with van der Waals surface area (Å²) in [5, 5.41) is 20.9. The Hall–Kier alpha value is -2.47. The number of methoxy groups -OCH3 is 1. The van der Waals surface area contributed by atoms with E-state index in [0.29, 0.717) is 29.6 Å². The van der Waals surface area contributed by atoms with E-state index in [0.717, 1.165) is 25.9 Å². The number of rotatable bonds is 4. The average molecular weight is 490 g/mol. The highest BCUT2D eigenvalue weighted by atomic mass is 16.5. The van der Waals surface area contributed by atoms with Crippen molar-refractivity contribution in [1.29, 1.82) is 0 Å². The van der Waals surface area contributed by atoms with Gasteiger partial charge in [-0.15, -0.1) is 0 Å². The van der Waals surface area contributed by atoms with Gasteiger partial charge in [0.2, 0.25) is 11.6 Å². The summed E-state index contributed by atoms with van der Waals surface area (Å²) in [6.45, 7) is 4.39. The molecule has 0 aromatic carbocycles. The van der Waals surface area contributed by atoms with Crippen molar-refractivity contribution in [2.75, 3.05) is 46.4 Å². The molecule has 0 bridgehead atoms. The van der Waals surface area contributed by atoms with Crippen LogP contribution in [0.3, 0.4) is 0 Å². The number of aliphatic hydroxyl groups is 1. The van der Waals surface area contributed by atoms with Crippen molar-refractivity contribution in [2.24, 2.45) is 11.7 Å². The van der Waals surface area contributed by atoms with E-state index in [4.69, 9.17) is 14.6 Å². The van der Waals surface area contributed by atoms with Crippen LogP contribution in [0.15, 0.2) is 23.0 Å². The Labute approximate surface area is 204 Å². The van der Waals surface area contributed by atoms with Gasteiger partial charge in [-0.1, -0.05) is 6.42 Å². The molecule has 6 rings (SSSR count). The molecule has 11 nitrogen and oxygen atoms in total. The van der Waals surface area contributed by atoms with Crippen LogP contribution < -0.4 is 11.1 Å². The molecule has 6 aliphatic rings. The highest BCUT2D eigenvalue weighted by Crippen LogP contribution is 2.55. The molecule has 1 aliphatic carbocycles. The number of carbonyl (C=O) groups is 3. The fourth-order valence-corrected chi connectivity index (χ4v) is 6.96. The number of ketones is 2. The van der Waals surface area contributed by atoms with E-state index >= 15 is 0 Å². The molecule has 0 spiro atoms. The summed E-state index contributed by atoms with van der Waals surface area (Å²) in [6.07, 6.45) is 6.16. The molecule has 0 aromatic heterocycles. The number of carboxylic acid groups (broad SMARTS) is 1. The van der Waals surface area contributed by atoms with Gasteiger partial charge < -0.3 is 40.7 Å². The Morgan fingerprint density at radius 2 is 1.86 bits per heavy atom. The minimum Gasteiger partial charge on any atom is -0.465 e. The maximum atomic E-state index is 13.7. The molecule has 5 aliphatic heterocycles. The molecule has 0 saturated carbocycles. The van der Waals surface area contributed by atoms with Gasteiger partial charge in [-0.2, -0.15) is 0 Å². The number of hydrogen-bond acceptors (Lipinski definition) is 9. The summed E-state index contributed by atoms with van der Waals surface area (Å²) < 4.78 is 5.95. The Morgan fingerprint density at radius 3 is 2.46 bits per heavy atom. The predicted octanol–water partition coefficient (Wildman–Crippen LogP) is -0.530. The zero-order chi connectivity index (χ0) is 24.9. The normalized spacial score (nSPS) is 34.7. The molecule has 35 heavy (non-hydrogen) atoms.